The van der Waals surface area contributed by atoms with Crippen molar-refractivity contribution in [3.8, 4) is 11.5 Å². The second-order valence-electron chi connectivity index (χ2n) is 7.05. The molecular weight excluding hydrogens is 360 g/mol. The van der Waals surface area contributed by atoms with Crippen LogP contribution in [0, 0.1) is 0 Å². The number of carbonyl (C=O) groups excluding carboxylic acids is 1. The molecule has 2 aliphatic rings. The molecule has 0 aliphatic carbocycles. The number of hydrogen-bond acceptors (Lipinski definition) is 5. The van der Waals surface area contributed by atoms with Gasteiger partial charge in [-0.2, -0.15) is 11.8 Å². The van der Waals surface area contributed by atoms with Crippen LogP contribution in [0.1, 0.15) is 43.5 Å². The van der Waals surface area contributed by atoms with Crippen molar-refractivity contribution in [1.29, 1.82) is 0 Å². The molecular formula is C21H32N2O3S. The zero-order chi connectivity index (χ0) is 19.1. The molecule has 3 rings (SSSR count). The second-order valence-corrected chi connectivity index (χ2v) is 8.28. The van der Waals surface area contributed by atoms with Gasteiger partial charge in [-0.1, -0.05) is 0 Å². The summed E-state index contributed by atoms with van der Waals surface area (Å²) < 4.78 is 11.3. The number of amides is 1. The Morgan fingerprint density at radius 1 is 1.04 bits per heavy atom. The molecule has 1 amide bonds. The maximum Gasteiger partial charge on any atom is 0.254 e. The summed E-state index contributed by atoms with van der Waals surface area (Å²) in [7, 11) is 0. The highest BCUT2D eigenvalue weighted by Crippen LogP contribution is 2.29. The average molecular weight is 393 g/mol. The van der Waals surface area contributed by atoms with Gasteiger partial charge >= 0.3 is 0 Å². The molecule has 150 valence electrons. The molecule has 2 aliphatic heterocycles. The fourth-order valence-corrected chi connectivity index (χ4v) is 5.00. The monoisotopic (exact) mass is 392 g/mol. The summed E-state index contributed by atoms with van der Waals surface area (Å²) in [5, 5.41) is 0. The van der Waals surface area contributed by atoms with E-state index in [-0.39, 0.29) is 5.91 Å². The van der Waals surface area contributed by atoms with E-state index in [0.717, 1.165) is 32.6 Å². The molecule has 1 aromatic carbocycles. The van der Waals surface area contributed by atoms with E-state index in [9.17, 15) is 4.79 Å². The maximum absolute atomic E-state index is 13.1. The van der Waals surface area contributed by atoms with Crippen molar-refractivity contribution in [2.45, 2.75) is 39.2 Å². The van der Waals surface area contributed by atoms with E-state index in [1.807, 2.05) is 36.9 Å². The minimum atomic E-state index is 0.0973. The summed E-state index contributed by atoms with van der Waals surface area (Å²) in [5.74, 6) is 4.00. The molecule has 0 spiro atoms. The summed E-state index contributed by atoms with van der Waals surface area (Å²) in [5.41, 5.74) is 0.685. The molecule has 2 fully saturated rings. The van der Waals surface area contributed by atoms with Crippen molar-refractivity contribution in [3.63, 3.8) is 0 Å². The molecule has 2 saturated heterocycles. The van der Waals surface area contributed by atoms with Gasteiger partial charge in [-0.05, 0) is 62.8 Å². The number of ether oxygens (including phenoxy) is 2. The first-order chi connectivity index (χ1) is 13.2. The van der Waals surface area contributed by atoms with Crippen molar-refractivity contribution in [1.82, 2.24) is 9.80 Å². The Morgan fingerprint density at radius 2 is 1.78 bits per heavy atom. The molecule has 0 bridgehead atoms. The number of nitrogens with zero attached hydrogens (tertiary/aromatic N) is 2. The SMILES string of the molecule is CCOc1ccc(C(=O)N2CCCN(C3CCSCC3)CC2)cc1OCC. The summed E-state index contributed by atoms with van der Waals surface area (Å²) >= 11 is 2.07. The Balaban J connectivity index is 1.65. The summed E-state index contributed by atoms with van der Waals surface area (Å²) in [4.78, 5) is 17.7. The Bertz CT molecular complexity index is 619. The van der Waals surface area contributed by atoms with Gasteiger partial charge in [0.2, 0.25) is 0 Å². The van der Waals surface area contributed by atoms with E-state index in [1.165, 1.54) is 24.3 Å². The van der Waals surface area contributed by atoms with Crippen LogP contribution in [0.3, 0.4) is 0 Å². The highest BCUT2D eigenvalue weighted by atomic mass is 32.2. The summed E-state index contributed by atoms with van der Waals surface area (Å²) in [6, 6.07) is 6.25. The smallest absolute Gasteiger partial charge is 0.254 e. The van der Waals surface area contributed by atoms with Crippen LogP contribution in [-0.2, 0) is 0 Å². The molecule has 0 atom stereocenters. The van der Waals surface area contributed by atoms with Gasteiger partial charge in [-0.15, -0.1) is 0 Å². The van der Waals surface area contributed by atoms with E-state index >= 15 is 0 Å². The van der Waals surface area contributed by atoms with Gasteiger partial charge in [-0.3, -0.25) is 9.69 Å². The third-order valence-electron chi connectivity index (χ3n) is 5.32. The number of carbonyl (C=O) groups is 1. The predicted molar refractivity (Wildman–Crippen MR) is 111 cm³/mol. The highest BCUT2D eigenvalue weighted by Gasteiger charge is 2.26. The number of thioether (sulfide) groups is 1. The molecule has 6 heteroatoms. The van der Waals surface area contributed by atoms with Gasteiger partial charge in [0.15, 0.2) is 11.5 Å². The first-order valence-corrected chi connectivity index (χ1v) is 11.4. The molecule has 2 heterocycles. The Morgan fingerprint density at radius 3 is 2.52 bits per heavy atom. The molecule has 0 aromatic heterocycles. The van der Waals surface area contributed by atoms with Gasteiger partial charge < -0.3 is 14.4 Å². The van der Waals surface area contributed by atoms with E-state index in [1.54, 1.807) is 0 Å². The fourth-order valence-electron chi connectivity index (χ4n) is 3.92. The first kappa shape index (κ1) is 20.3. The van der Waals surface area contributed by atoms with Crippen LogP contribution < -0.4 is 9.47 Å². The van der Waals surface area contributed by atoms with Crippen LogP contribution >= 0.6 is 11.8 Å². The molecule has 27 heavy (non-hydrogen) atoms. The van der Waals surface area contributed by atoms with Crippen LogP contribution in [0.25, 0.3) is 0 Å². The maximum atomic E-state index is 13.1. The van der Waals surface area contributed by atoms with Gasteiger partial charge in [0.05, 0.1) is 13.2 Å². The molecule has 0 radical (unpaired) electrons. The Labute approximate surface area is 167 Å². The van der Waals surface area contributed by atoms with Crippen molar-refractivity contribution in [3.05, 3.63) is 23.8 Å². The second kappa shape index (κ2) is 10.2. The Kier molecular flexibility index (Phi) is 7.70. The number of hydrogen-bond donors (Lipinski definition) is 0. The lowest BCUT2D eigenvalue weighted by molar-refractivity contribution is 0.0757. The van der Waals surface area contributed by atoms with Gasteiger partial charge in [0.25, 0.3) is 5.91 Å². The molecule has 0 unspecified atom stereocenters. The molecule has 0 saturated carbocycles. The average Bonchev–Trinajstić information content (AvgIpc) is 2.96. The topological polar surface area (TPSA) is 42.0 Å². The fraction of sp³-hybridized carbons (Fsp3) is 0.667. The van der Waals surface area contributed by atoms with Gasteiger partial charge in [0.1, 0.15) is 0 Å². The third kappa shape index (κ3) is 5.32. The lowest BCUT2D eigenvalue weighted by Gasteiger charge is -2.33. The third-order valence-corrected chi connectivity index (χ3v) is 6.36. The Hall–Kier alpha value is -1.40. The summed E-state index contributed by atoms with van der Waals surface area (Å²) in [6.45, 7) is 8.74. The number of benzene rings is 1. The quantitative estimate of drug-likeness (QED) is 0.741. The highest BCUT2D eigenvalue weighted by molar-refractivity contribution is 7.99. The standard InChI is InChI=1S/C21H32N2O3S/c1-3-25-19-7-6-17(16-20(19)26-4-2)21(24)23-11-5-10-22(12-13-23)18-8-14-27-15-9-18/h6-7,16,18H,3-5,8-15H2,1-2H3. The lowest BCUT2D eigenvalue weighted by Crippen LogP contribution is -2.41. The van der Waals surface area contributed by atoms with Crippen molar-refractivity contribution in [2.75, 3.05) is 50.9 Å². The first-order valence-electron chi connectivity index (χ1n) is 10.2. The summed E-state index contributed by atoms with van der Waals surface area (Å²) in [6.07, 6.45) is 3.62. The van der Waals surface area contributed by atoms with Crippen LogP contribution in [0.2, 0.25) is 0 Å². The van der Waals surface area contributed by atoms with E-state index < -0.39 is 0 Å². The van der Waals surface area contributed by atoms with Crippen molar-refractivity contribution in [2.24, 2.45) is 0 Å². The molecule has 1 aromatic rings. The van der Waals surface area contributed by atoms with E-state index in [2.05, 4.69) is 16.7 Å². The zero-order valence-electron chi connectivity index (χ0n) is 16.6. The van der Waals surface area contributed by atoms with Crippen LogP contribution in [0.4, 0.5) is 0 Å². The largest absolute Gasteiger partial charge is 0.490 e. The molecule has 5 nitrogen and oxygen atoms in total. The van der Waals surface area contributed by atoms with Crippen LogP contribution in [-0.4, -0.2) is 72.6 Å². The minimum absolute atomic E-state index is 0.0973. The lowest BCUT2D eigenvalue weighted by atomic mass is 10.1. The predicted octanol–water partition coefficient (Wildman–Crippen LogP) is 3.53. The van der Waals surface area contributed by atoms with Gasteiger partial charge in [0, 0.05) is 37.8 Å². The van der Waals surface area contributed by atoms with Crippen LogP contribution in [0.5, 0.6) is 11.5 Å². The van der Waals surface area contributed by atoms with E-state index in [4.69, 9.17) is 9.47 Å². The van der Waals surface area contributed by atoms with Crippen molar-refractivity contribution < 1.29 is 14.3 Å². The van der Waals surface area contributed by atoms with Crippen molar-refractivity contribution >= 4 is 17.7 Å². The van der Waals surface area contributed by atoms with Crippen LogP contribution in [0.15, 0.2) is 18.2 Å². The zero-order valence-corrected chi connectivity index (χ0v) is 17.4. The minimum Gasteiger partial charge on any atom is -0.490 e. The normalized spacial score (nSPS) is 19.6. The number of rotatable bonds is 6. The van der Waals surface area contributed by atoms with E-state index in [0.29, 0.717) is 36.3 Å². The van der Waals surface area contributed by atoms with Gasteiger partial charge in [-0.25, -0.2) is 0 Å². The molecule has 0 N–H and O–H groups in total.